The molecular formula is C20H29N3O3. The van der Waals surface area contributed by atoms with E-state index in [1.54, 1.807) is 4.90 Å². The minimum absolute atomic E-state index is 0.0228. The lowest BCUT2D eigenvalue weighted by Crippen LogP contribution is -2.50. The van der Waals surface area contributed by atoms with E-state index in [-0.39, 0.29) is 24.1 Å². The summed E-state index contributed by atoms with van der Waals surface area (Å²) in [5, 5.41) is 5.92. The first-order valence-corrected chi connectivity index (χ1v) is 9.64. The average Bonchev–Trinajstić information content (AvgIpc) is 3.14. The molecule has 0 spiro atoms. The van der Waals surface area contributed by atoms with Crippen molar-refractivity contribution in [1.82, 2.24) is 15.5 Å². The largest absolute Gasteiger partial charge is 0.367 e. The maximum absolute atomic E-state index is 12.5. The second-order valence-corrected chi connectivity index (χ2v) is 7.28. The zero-order chi connectivity index (χ0) is 18.4. The number of ether oxygens (including phenoxy) is 1. The van der Waals surface area contributed by atoms with E-state index in [0.29, 0.717) is 32.1 Å². The molecule has 1 aliphatic heterocycles. The number of carbonyl (C=O) groups is 2. The van der Waals surface area contributed by atoms with Crippen LogP contribution < -0.4 is 10.6 Å². The van der Waals surface area contributed by atoms with Gasteiger partial charge in [-0.05, 0) is 25.3 Å². The van der Waals surface area contributed by atoms with Crippen molar-refractivity contribution in [3.05, 3.63) is 35.9 Å². The number of nitrogens with one attached hydrogen (secondary N) is 2. The van der Waals surface area contributed by atoms with Crippen molar-refractivity contribution in [3.63, 3.8) is 0 Å². The molecule has 0 bridgehead atoms. The third-order valence-electron chi connectivity index (χ3n) is 5.07. The van der Waals surface area contributed by atoms with Crippen LogP contribution in [0.25, 0.3) is 0 Å². The minimum Gasteiger partial charge on any atom is -0.367 e. The molecule has 3 rings (SSSR count). The highest BCUT2D eigenvalue weighted by Gasteiger charge is 2.29. The van der Waals surface area contributed by atoms with Crippen molar-refractivity contribution in [2.24, 2.45) is 0 Å². The molecule has 1 saturated heterocycles. The summed E-state index contributed by atoms with van der Waals surface area (Å²) in [4.78, 5) is 26.2. The van der Waals surface area contributed by atoms with Gasteiger partial charge < -0.3 is 20.3 Å². The van der Waals surface area contributed by atoms with Crippen molar-refractivity contribution < 1.29 is 14.3 Å². The smallest absolute Gasteiger partial charge is 0.317 e. The van der Waals surface area contributed by atoms with Crippen LogP contribution in [0.2, 0.25) is 0 Å². The summed E-state index contributed by atoms with van der Waals surface area (Å²) in [6, 6.07) is 10.2. The molecule has 1 heterocycles. The fraction of sp³-hybridized carbons (Fsp3) is 0.600. The molecule has 3 amide bonds. The van der Waals surface area contributed by atoms with Crippen molar-refractivity contribution in [3.8, 4) is 0 Å². The molecule has 2 N–H and O–H groups in total. The number of carbonyl (C=O) groups excluding carboxylic acids is 2. The van der Waals surface area contributed by atoms with E-state index >= 15 is 0 Å². The Morgan fingerprint density at radius 1 is 1.15 bits per heavy atom. The number of benzene rings is 1. The van der Waals surface area contributed by atoms with Gasteiger partial charge in [0.15, 0.2) is 0 Å². The predicted octanol–water partition coefficient (Wildman–Crippen LogP) is 2.61. The van der Waals surface area contributed by atoms with Crippen LogP contribution in [0.1, 0.15) is 50.7 Å². The van der Waals surface area contributed by atoms with Crippen molar-refractivity contribution >= 4 is 11.9 Å². The lowest BCUT2D eigenvalue weighted by molar-refractivity contribution is -0.121. The molecule has 1 aromatic rings. The number of rotatable bonds is 5. The van der Waals surface area contributed by atoms with Gasteiger partial charge in [-0.25, -0.2) is 4.79 Å². The molecule has 26 heavy (non-hydrogen) atoms. The van der Waals surface area contributed by atoms with E-state index < -0.39 is 0 Å². The van der Waals surface area contributed by atoms with E-state index in [2.05, 4.69) is 10.6 Å². The number of amides is 3. The summed E-state index contributed by atoms with van der Waals surface area (Å²) in [7, 11) is 0. The molecule has 2 unspecified atom stereocenters. The highest BCUT2D eigenvalue weighted by atomic mass is 16.5. The van der Waals surface area contributed by atoms with Crippen LogP contribution in [0.4, 0.5) is 4.79 Å². The Hall–Kier alpha value is -2.08. The van der Waals surface area contributed by atoms with Crippen LogP contribution >= 0.6 is 0 Å². The molecular weight excluding hydrogens is 330 g/mol. The second kappa shape index (κ2) is 9.03. The first kappa shape index (κ1) is 18.7. The number of urea groups is 1. The fourth-order valence-corrected chi connectivity index (χ4v) is 3.73. The van der Waals surface area contributed by atoms with Crippen LogP contribution in [-0.4, -0.2) is 48.6 Å². The van der Waals surface area contributed by atoms with Gasteiger partial charge in [-0.3, -0.25) is 4.79 Å². The third kappa shape index (κ3) is 5.21. The highest BCUT2D eigenvalue weighted by Crippen LogP contribution is 2.25. The average molecular weight is 359 g/mol. The molecule has 0 radical (unpaired) electrons. The number of morpholine rings is 1. The second-order valence-electron chi connectivity index (χ2n) is 7.28. The predicted molar refractivity (Wildman–Crippen MR) is 99.7 cm³/mol. The van der Waals surface area contributed by atoms with Crippen LogP contribution in [-0.2, 0) is 9.53 Å². The topological polar surface area (TPSA) is 70.7 Å². The summed E-state index contributed by atoms with van der Waals surface area (Å²) < 4.78 is 5.98. The Balaban J connectivity index is 1.44. The van der Waals surface area contributed by atoms with E-state index in [9.17, 15) is 9.59 Å². The van der Waals surface area contributed by atoms with Crippen LogP contribution in [0.15, 0.2) is 30.3 Å². The van der Waals surface area contributed by atoms with E-state index in [4.69, 9.17) is 4.74 Å². The Kier molecular flexibility index (Phi) is 6.50. The van der Waals surface area contributed by atoms with E-state index in [0.717, 1.165) is 18.4 Å². The maximum atomic E-state index is 12.5. The number of hydrogen-bond donors (Lipinski definition) is 2. The summed E-state index contributed by atoms with van der Waals surface area (Å²) in [6.07, 6.45) is 4.72. The van der Waals surface area contributed by atoms with Gasteiger partial charge in [0.25, 0.3) is 0 Å². The summed E-state index contributed by atoms with van der Waals surface area (Å²) in [6.45, 7) is 3.42. The first-order chi connectivity index (χ1) is 12.6. The molecule has 1 aromatic carbocycles. The Bertz CT molecular complexity index is 602. The molecule has 2 atom stereocenters. The van der Waals surface area contributed by atoms with E-state index in [1.807, 2.05) is 37.3 Å². The highest BCUT2D eigenvalue weighted by molar-refractivity contribution is 5.78. The standard InChI is InChI=1S/C20H29N3O3/c1-15-13-23(14-18(26-15)16-7-3-2-4-8-16)20(25)21-12-11-19(24)22-17-9-5-6-10-17/h2-4,7-8,15,17-18H,5-6,9-14H2,1H3,(H,21,25)(H,22,24). The lowest BCUT2D eigenvalue weighted by Gasteiger charge is -2.37. The number of hydrogen-bond acceptors (Lipinski definition) is 3. The Morgan fingerprint density at radius 3 is 2.62 bits per heavy atom. The molecule has 142 valence electrons. The third-order valence-corrected chi connectivity index (χ3v) is 5.07. The zero-order valence-corrected chi connectivity index (χ0v) is 15.4. The van der Waals surface area contributed by atoms with Gasteiger partial charge in [0, 0.05) is 25.6 Å². The Labute approximate surface area is 155 Å². The monoisotopic (exact) mass is 359 g/mol. The minimum atomic E-state index is -0.130. The molecule has 2 fully saturated rings. The summed E-state index contributed by atoms with van der Waals surface area (Å²) >= 11 is 0. The fourth-order valence-electron chi connectivity index (χ4n) is 3.73. The Morgan fingerprint density at radius 2 is 1.88 bits per heavy atom. The van der Waals surface area contributed by atoms with Gasteiger partial charge in [-0.1, -0.05) is 43.2 Å². The van der Waals surface area contributed by atoms with Crippen molar-refractivity contribution in [2.75, 3.05) is 19.6 Å². The zero-order valence-electron chi connectivity index (χ0n) is 15.4. The van der Waals surface area contributed by atoms with Crippen molar-refractivity contribution in [2.45, 2.75) is 57.3 Å². The van der Waals surface area contributed by atoms with Gasteiger partial charge in [0.2, 0.25) is 5.91 Å². The van der Waals surface area contributed by atoms with E-state index in [1.165, 1.54) is 12.8 Å². The SMILES string of the molecule is CC1CN(C(=O)NCCC(=O)NC2CCCC2)CC(c2ccccc2)O1. The normalized spacial score (nSPS) is 23.7. The number of nitrogens with zero attached hydrogens (tertiary/aromatic N) is 1. The van der Waals surface area contributed by atoms with Crippen LogP contribution in [0.3, 0.4) is 0 Å². The molecule has 6 heteroatoms. The molecule has 6 nitrogen and oxygen atoms in total. The van der Waals surface area contributed by atoms with Crippen LogP contribution in [0, 0.1) is 0 Å². The summed E-state index contributed by atoms with van der Waals surface area (Å²) in [5.74, 6) is 0.0229. The lowest BCUT2D eigenvalue weighted by atomic mass is 10.1. The van der Waals surface area contributed by atoms with Gasteiger partial charge in [0.05, 0.1) is 12.6 Å². The quantitative estimate of drug-likeness (QED) is 0.849. The molecule has 0 aromatic heterocycles. The molecule has 1 aliphatic carbocycles. The maximum Gasteiger partial charge on any atom is 0.317 e. The van der Waals surface area contributed by atoms with Gasteiger partial charge in [0.1, 0.15) is 6.10 Å². The van der Waals surface area contributed by atoms with Gasteiger partial charge >= 0.3 is 6.03 Å². The first-order valence-electron chi connectivity index (χ1n) is 9.64. The van der Waals surface area contributed by atoms with Gasteiger partial charge in [-0.15, -0.1) is 0 Å². The van der Waals surface area contributed by atoms with Crippen LogP contribution in [0.5, 0.6) is 0 Å². The molecule has 2 aliphatic rings. The molecule has 1 saturated carbocycles. The van der Waals surface area contributed by atoms with Crippen molar-refractivity contribution in [1.29, 1.82) is 0 Å². The van der Waals surface area contributed by atoms with Gasteiger partial charge in [-0.2, -0.15) is 0 Å². The summed E-state index contributed by atoms with van der Waals surface area (Å²) in [5.41, 5.74) is 1.08.